The summed E-state index contributed by atoms with van der Waals surface area (Å²) in [5.41, 5.74) is 1.58. The van der Waals surface area contributed by atoms with Crippen LogP contribution in [0.5, 0.6) is 0 Å². The molecule has 1 unspecified atom stereocenters. The van der Waals surface area contributed by atoms with E-state index in [2.05, 4.69) is 0 Å². The van der Waals surface area contributed by atoms with Crippen molar-refractivity contribution in [2.45, 2.75) is 6.92 Å². The first-order valence-corrected chi connectivity index (χ1v) is 5.23. The zero-order valence-corrected chi connectivity index (χ0v) is 9.38. The summed E-state index contributed by atoms with van der Waals surface area (Å²) >= 11 is 0. The van der Waals surface area contributed by atoms with Crippen LogP contribution in [0.1, 0.15) is 17.3 Å². The first kappa shape index (κ1) is 10.7. The summed E-state index contributed by atoms with van der Waals surface area (Å²) in [5.74, 6) is 0.148. The van der Waals surface area contributed by atoms with Crippen molar-refractivity contribution in [3.8, 4) is 0 Å². The average Bonchev–Trinajstić information content (AvgIpc) is 2.57. The van der Waals surface area contributed by atoms with Gasteiger partial charge >= 0.3 is 0 Å². The second-order valence-electron chi connectivity index (χ2n) is 4.05. The molecule has 1 aromatic rings. The molecule has 1 aromatic carbocycles. The van der Waals surface area contributed by atoms with E-state index >= 15 is 0 Å². The van der Waals surface area contributed by atoms with E-state index in [9.17, 15) is 9.59 Å². The van der Waals surface area contributed by atoms with Gasteiger partial charge in [-0.05, 0) is 24.3 Å². The highest BCUT2D eigenvalue weighted by molar-refractivity contribution is 5.84. The van der Waals surface area contributed by atoms with Crippen LogP contribution in [-0.4, -0.2) is 30.8 Å². The smallest absolute Gasteiger partial charge is 0.245 e. The molecule has 1 aliphatic rings. The molecule has 0 bridgehead atoms. The number of benzene rings is 1. The van der Waals surface area contributed by atoms with Crippen molar-refractivity contribution < 1.29 is 9.59 Å². The third-order valence-electron chi connectivity index (χ3n) is 2.88. The number of carbonyl (C=O) groups is 2. The van der Waals surface area contributed by atoms with E-state index in [0.29, 0.717) is 12.1 Å². The zero-order chi connectivity index (χ0) is 11.7. The minimum Gasteiger partial charge on any atom is -0.298 e. The van der Waals surface area contributed by atoms with Gasteiger partial charge in [-0.1, -0.05) is 6.92 Å². The molecule has 0 aromatic heterocycles. The minimum atomic E-state index is 0.0238. The Morgan fingerprint density at radius 3 is 2.38 bits per heavy atom. The molecular formula is C12H14N2O2. The van der Waals surface area contributed by atoms with Gasteiger partial charge in [0.25, 0.3) is 0 Å². The van der Waals surface area contributed by atoms with Crippen LogP contribution in [-0.2, 0) is 4.79 Å². The fourth-order valence-corrected chi connectivity index (χ4v) is 1.90. The monoisotopic (exact) mass is 218 g/mol. The highest BCUT2D eigenvalue weighted by atomic mass is 16.2. The van der Waals surface area contributed by atoms with E-state index in [4.69, 9.17) is 0 Å². The molecule has 0 aliphatic carbocycles. The van der Waals surface area contributed by atoms with Crippen molar-refractivity contribution in [3.05, 3.63) is 29.8 Å². The standard InChI is InChI=1S/C12H14N2O2/c1-9-7-14(13(2)12(9)16)11-5-3-10(8-15)4-6-11/h3-6,8-9H,7H2,1-2H3. The van der Waals surface area contributed by atoms with Gasteiger partial charge in [0.2, 0.25) is 5.91 Å². The Kier molecular flexibility index (Phi) is 2.64. The number of hydrogen-bond donors (Lipinski definition) is 0. The Labute approximate surface area is 94.4 Å². The lowest BCUT2D eigenvalue weighted by molar-refractivity contribution is -0.129. The predicted molar refractivity (Wildman–Crippen MR) is 61.1 cm³/mol. The Balaban J connectivity index is 2.24. The van der Waals surface area contributed by atoms with E-state index in [0.717, 1.165) is 12.0 Å². The fourth-order valence-electron chi connectivity index (χ4n) is 1.90. The van der Waals surface area contributed by atoms with Crippen LogP contribution >= 0.6 is 0 Å². The molecule has 1 fully saturated rings. The van der Waals surface area contributed by atoms with Crippen molar-refractivity contribution in [2.24, 2.45) is 5.92 Å². The van der Waals surface area contributed by atoms with Crippen molar-refractivity contribution in [1.29, 1.82) is 0 Å². The maximum Gasteiger partial charge on any atom is 0.245 e. The summed E-state index contributed by atoms with van der Waals surface area (Å²) in [5, 5.41) is 3.54. The molecule has 0 spiro atoms. The van der Waals surface area contributed by atoms with Crippen LogP contribution in [0.3, 0.4) is 0 Å². The first-order chi connectivity index (χ1) is 7.63. The van der Waals surface area contributed by atoms with Gasteiger partial charge in [0.05, 0.1) is 18.2 Å². The largest absolute Gasteiger partial charge is 0.298 e. The number of hydrogen-bond acceptors (Lipinski definition) is 3. The highest BCUT2D eigenvalue weighted by Crippen LogP contribution is 2.24. The third-order valence-corrected chi connectivity index (χ3v) is 2.88. The van der Waals surface area contributed by atoms with Gasteiger partial charge in [-0.2, -0.15) is 0 Å². The van der Waals surface area contributed by atoms with Gasteiger partial charge in [-0.15, -0.1) is 0 Å². The molecule has 84 valence electrons. The van der Waals surface area contributed by atoms with Crippen molar-refractivity contribution in [1.82, 2.24) is 5.01 Å². The number of rotatable bonds is 2. The van der Waals surface area contributed by atoms with Gasteiger partial charge in [0.1, 0.15) is 6.29 Å². The van der Waals surface area contributed by atoms with E-state index in [-0.39, 0.29) is 11.8 Å². The van der Waals surface area contributed by atoms with Crippen LogP contribution in [0.2, 0.25) is 0 Å². The van der Waals surface area contributed by atoms with Crippen LogP contribution in [0, 0.1) is 5.92 Å². The summed E-state index contributed by atoms with van der Waals surface area (Å²) in [4.78, 5) is 22.2. The molecule has 4 heteroatoms. The molecule has 0 radical (unpaired) electrons. The second-order valence-corrected chi connectivity index (χ2v) is 4.05. The van der Waals surface area contributed by atoms with Crippen LogP contribution in [0.15, 0.2) is 24.3 Å². The minimum absolute atomic E-state index is 0.0238. The van der Waals surface area contributed by atoms with Crippen molar-refractivity contribution in [2.75, 3.05) is 18.6 Å². The number of hydrazine groups is 1. The first-order valence-electron chi connectivity index (χ1n) is 5.23. The number of amides is 1. The molecule has 2 rings (SSSR count). The molecule has 16 heavy (non-hydrogen) atoms. The van der Waals surface area contributed by atoms with Gasteiger partial charge in [-0.25, -0.2) is 0 Å². The summed E-state index contributed by atoms with van der Waals surface area (Å²) in [7, 11) is 1.76. The molecule has 0 N–H and O–H groups in total. The van der Waals surface area contributed by atoms with Gasteiger partial charge in [-0.3, -0.25) is 19.6 Å². The number of anilines is 1. The lowest BCUT2D eigenvalue weighted by Gasteiger charge is -2.25. The highest BCUT2D eigenvalue weighted by Gasteiger charge is 2.32. The number of carbonyl (C=O) groups excluding carboxylic acids is 2. The van der Waals surface area contributed by atoms with E-state index in [1.165, 1.54) is 0 Å². The Hall–Kier alpha value is -1.84. The SMILES string of the molecule is CC1CN(c2ccc(C=O)cc2)N(C)C1=O. The lowest BCUT2D eigenvalue weighted by Crippen LogP contribution is -2.35. The van der Waals surface area contributed by atoms with E-state index in [1.54, 1.807) is 24.2 Å². The average molecular weight is 218 g/mol. The molecule has 1 saturated heterocycles. The second kappa shape index (κ2) is 3.96. The Morgan fingerprint density at radius 1 is 1.31 bits per heavy atom. The Morgan fingerprint density at radius 2 is 1.94 bits per heavy atom. The van der Waals surface area contributed by atoms with Crippen LogP contribution in [0.4, 0.5) is 5.69 Å². The molecule has 1 heterocycles. The molecule has 4 nitrogen and oxygen atoms in total. The quantitative estimate of drug-likeness (QED) is 0.703. The van der Waals surface area contributed by atoms with Gasteiger partial charge in [0.15, 0.2) is 0 Å². The predicted octanol–water partition coefficient (Wildman–Crippen LogP) is 1.33. The van der Waals surface area contributed by atoms with Crippen LogP contribution in [0.25, 0.3) is 0 Å². The number of aldehydes is 1. The summed E-state index contributed by atoms with van der Waals surface area (Å²) in [6.45, 7) is 2.61. The van der Waals surface area contributed by atoms with Gasteiger partial charge in [0, 0.05) is 12.6 Å². The lowest BCUT2D eigenvalue weighted by atomic mass is 10.2. The summed E-state index contributed by atoms with van der Waals surface area (Å²) in [6, 6.07) is 7.21. The molecule has 1 aliphatic heterocycles. The van der Waals surface area contributed by atoms with Crippen LogP contribution < -0.4 is 5.01 Å². The maximum atomic E-state index is 11.6. The summed E-state index contributed by atoms with van der Waals surface area (Å²) < 4.78 is 0. The maximum absolute atomic E-state index is 11.6. The number of nitrogens with zero attached hydrogens (tertiary/aromatic N) is 2. The summed E-state index contributed by atoms with van der Waals surface area (Å²) in [6.07, 6.45) is 0.811. The van der Waals surface area contributed by atoms with Gasteiger partial charge < -0.3 is 0 Å². The van der Waals surface area contributed by atoms with Crippen molar-refractivity contribution >= 4 is 17.9 Å². The van der Waals surface area contributed by atoms with E-state index in [1.807, 2.05) is 24.1 Å². The topological polar surface area (TPSA) is 40.6 Å². The Bertz CT molecular complexity index is 414. The van der Waals surface area contributed by atoms with Crippen molar-refractivity contribution in [3.63, 3.8) is 0 Å². The molecular weight excluding hydrogens is 204 g/mol. The van der Waals surface area contributed by atoms with E-state index < -0.39 is 0 Å². The molecule has 0 saturated carbocycles. The third kappa shape index (κ3) is 1.66. The normalized spacial score (nSPS) is 20.4. The molecule has 1 atom stereocenters. The molecule has 1 amide bonds. The zero-order valence-electron chi connectivity index (χ0n) is 9.38. The fraction of sp³-hybridized carbons (Fsp3) is 0.333.